The Morgan fingerprint density at radius 3 is 2.64 bits per heavy atom. The van der Waals surface area contributed by atoms with Gasteiger partial charge in [-0.2, -0.15) is 0 Å². The minimum Gasteiger partial charge on any atom is -0.466 e. The molecule has 3 nitrogen and oxygen atoms in total. The van der Waals surface area contributed by atoms with Crippen LogP contribution in [0.1, 0.15) is 32.6 Å². The molecule has 0 saturated heterocycles. The Kier molecular flexibility index (Phi) is 6.36. The number of esters is 1. The van der Waals surface area contributed by atoms with Gasteiger partial charge in [-0.3, -0.25) is 4.79 Å². The third-order valence-corrected chi connectivity index (χ3v) is 1.69. The molecule has 0 aromatic carbocycles. The Hall–Kier alpha value is -0.710. The van der Waals surface area contributed by atoms with Gasteiger partial charge in [0, 0.05) is 6.42 Å². The quantitative estimate of drug-likeness (QED) is 0.514. The summed E-state index contributed by atoms with van der Waals surface area (Å²) in [5.41, 5.74) is 0. The second kappa shape index (κ2) is 6.70. The Morgan fingerprint density at radius 1 is 1.50 bits per heavy atom. The second-order valence-corrected chi connectivity index (χ2v) is 3.09. The van der Waals surface area contributed by atoms with Crippen LogP contribution in [0.3, 0.4) is 0 Å². The lowest BCUT2D eigenvalue weighted by atomic mass is 10.2. The fourth-order valence-electron chi connectivity index (χ4n) is 0.767. The number of alkyl halides is 2. The van der Waals surface area contributed by atoms with Crippen LogP contribution in [0.4, 0.5) is 8.78 Å². The number of carbonyl (C=O) groups excluding carboxylic acids is 1. The number of halogens is 2. The lowest BCUT2D eigenvalue weighted by Gasteiger charge is -2.11. The monoisotopic (exact) mass is 210 g/mol. The molecule has 0 aliphatic heterocycles. The molecule has 1 N–H and O–H groups in total. The van der Waals surface area contributed by atoms with Gasteiger partial charge in [-0.1, -0.05) is 13.3 Å². The maximum Gasteiger partial charge on any atom is 0.306 e. The fraction of sp³-hybridized carbons (Fsp3) is 0.889. The van der Waals surface area contributed by atoms with E-state index in [1.165, 1.54) is 0 Å². The summed E-state index contributed by atoms with van der Waals surface area (Å²) in [6, 6.07) is 0. The molecule has 0 unspecified atom stereocenters. The first-order chi connectivity index (χ1) is 6.52. The molecule has 5 heteroatoms. The average molecular weight is 210 g/mol. The molecule has 0 aromatic rings. The Labute approximate surface area is 82.1 Å². The summed E-state index contributed by atoms with van der Waals surface area (Å²) in [4.78, 5) is 10.8. The second-order valence-electron chi connectivity index (χ2n) is 3.09. The number of ether oxygens (including phenoxy) is 1. The first-order valence-electron chi connectivity index (χ1n) is 4.66. The molecule has 0 fully saturated rings. The van der Waals surface area contributed by atoms with Crippen LogP contribution >= 0.6 is 0 Å². The highest BCUT2D eigenvalue weighted by molar-refractivity contribution is 5.69. The molecule has 0 radical (unpaired) electrons. The summed E-state index contributed by atoms with van der Waals surface area (Å²) in [6.07, 6.45) is 0.619. The smallest absolute Gasteiger partial charge is 0.306 e. The largest absolute Gasteiger partial charge is 0.466 e. The summed E-state index contributed by atoms with van der Waals surface area (Å²) in [5.74, 6) is -3.81. The SMILES string of the molecule is CCCCOC(=O)CCC(F)(F)CO. The standard InChI is InChI=1S/C9H16F2O3/c1-2-3-6-14-8(13)4-5-9(10,11)7-12/h12H,2-7H2,1H3. The molecule has 0 amide bonds. The van der Waals surface area contributed by atoms with Crippen LogP contribution in [0.15, 0.2) is 0 Å². The summed E-state index contributed by atoms with van der Waals surface area (Å²) < 4.78 is 29.6. The molecule has 0 aliphatic rings. The Balaban J connectivity index is 3.53. The van der Waals surface area contributed by atoms with Gasteiger partial charge in [-0.25, -0.2) is 8.78 Å². The van der Waals surface area contributed by atoms with E-state index >= 15 is 0 Å². The molecule has 0 bridgehead atoms. The van der Waals surface area contributed by atoms with Gasteiger partial charge in [0.25, 0.3) is 5.92 Å². The maximum atomic E-state index is 12.4. The third kappa shape index (κ3) is 6.77. The van der Waals surface area contributed by atoms with Crippen molar-refractivity contribution in [3.8, 4) is 0 Å². The van der Waals surface area contributed by atoms with Crippen LogP contribution in [-0.4, -0.2) is 30.2 Å². The van der Waals surface area contributed by atoms with Gasteiger partial charge in [-0.15, -0.1) is 0 Å². The molecule has 0 spiro atoms. The Bertz CT molecular complexity index is 171. The molecule has 0 rings (SSSR count). The van der Waals surface area contributed by atoms with Crippen molar-refractivity contribution in [1.82, 2.24) is 0 Å². The predicted octanol–water partition coefficient (Wildman–Crippen LogP) is 1.74. The molecule has 0 heterocycles. The Morgan fingerprint density at radius 2 is 2.14 bits per heavy atom. The minimum absolute atomic E-state index is 0.278. The summed E-state index contributed by atoms with van der Waals surface area (Å²) in [7, 11) is 0. The van der Waals surface area contributed by atoms with E-state index in [2.05, 4.69) is 4.74 Å². The first kappa shape index (κ1) is 13.3. The van der Waals surface area contributed by atoms with Crippen LogP contribution < -0.4 is 0 Å². The zero-order valence-electron chi connectivity index (χ0n) is 8.26. The molecular formula is C9H16F2O3. The molecule has 0 saturated carbocycles. The van der Waals surface area contributed by atoms with Crippen molar-refractivity contribution in [3.63, 3.8) is 0 Å². The molecule has 14 heavy (non-hydrogen) atoms. The van der Waals surface area contributed by atoms with E-state index in [1.54, 1.807) is 0 Å². The normalized spacial score (nSPS) is 11.4. The molecule has 0 aromatic heterocycles. The van der Waals surface area contributed by atoms with Crippen LogP contribution in [0.2, 0.25) is 0 Å². The van der Waals surface area contributed by atoms with Crippen LogP contribution in [0.5, 0.6) is 0 Å². The van der Waals surface area contributed by atoms with E-state index < -0.39 is 24.9 Å². The van der Waals surface area contributed by atoms with Crippen molar-refractivity contribution in [2.75, 3.05) is 13.2 Å². The van der Waals surface area contributed by atoms with Gasteiger partial charge in [0.1, 0.15) is 6.61 Å². The molecular weight excluding hydrogens is 194 g/mol. The van der Waals surface area contributed by atoms with Gasteiger partial charge in [-0.05, 0) is 6.42 Å². The zero-order valence-corrected chi connectivity index (χ0v) is 8.26. The van der Waals surface area contributed by atoms with Crippen LogP contribution in [-0.2, 0) is 9.53 Å². The lowest BCUT2D eigenvalue weighted by molar-refractivity contribution is -0.146. The number of hydrogen-bond donors (Lipinski definition) is 1. The third-order valence-electron chi connectivity index (χ3n) is 1.69. The summed E-state index contributed by atoms with van der Waals surface area (Å²) >= 11 is 0. The number of aliphatic hydroxyl groups is 1. The average Bonchev–Trinajstić information content (AvgIpc) is 2.16. The van der Waals surface area contributed by atoms with Crippen molar-refractivity contribution >= 4 is 5.97 Å². The van der Waals surface area contributed by atoms with E-state index in [0.29, 0.717) is 0 Å². The minimum atomic E-state index is -3.18. The van der Waals surface area contributed by atoms with E-state index in [4.69, 9.17) is 5.11 Å². The summed E-state index contributed by atoms with van der Waals surface area (Å²) in [5, 5.41) is 8.22. The van der Waals surface area contributed by atoms with Crippen LogP contribution in [0.25, 0.3) is 0 Å². The van der Waals surface area contributed by atoms with Crippen LogP contribution in [0, 0.1) is 0 Å². The number of hydrogen-bond acceptors (Lipinski definition) is 3. The van der Waals surface area contributed by atoms with E-state index in [-0.39, 0.29) is 13.0 Å². The highest BCUT2D eigenvalue weighted by Crippen LogP contribution is 2.19. The van der Waals surface area contributed by atoms with Gasteiger partial charge in [0.05, 0.1) is 13.0 Å². The van der Waals surface area contributed by atoms with Crippen molar-refractivity contribution in [2.45, 2.75) is 38.5 Å². The van der Waals surface area contributed by atoms with E-state index in [0.717, 1.165) is 12.8 Å². The number of rotatable bonds is 7. The number of carbonyl (C=O) groups is 1. The topological polar surface area (TPSA) is 46.5 Å². The molecule has 0 aliphatic carbocycles. The van der Waals surface area contributed by atoms with Gasteiger partial charge >= 0.3 is 5.97 Å². The van der Waals surface area contributed by atoms with Gasteiger partial charge in [0.2, 0.25) is 0 Å². The van der Waals surface area contributed by atoms with Crippen molar-refractivity contribution in [3.05, 3.63) is 0 Å². The van der Waals surface area contributed by atoms with E-state index in [1.807, 2.05) is 6.92 Å². The molecule has 84 valence electrons. The first-order valence-corrected chi connectivity index (χ1v) is 4.66. The van der Waals surface area contributed by atoms with Crippen molar-refractivity contribution in [2.24, 2.45) is 0 Å². The van der Waals surface area contributed by atoms with Gasteiger partial charge in [0.15, 0.2) is 0 Å². The van der Waals surface area contributed by atoms with Gasteiger partial charge < -0.3 is 9.84 Å². The highest BCUT2D eigenvalue weighted by Gasteiger charge is 2.28. The zero-order chi connectivity index (χ0) is 11.0. The maximum absolute atomic E-state index is 12.4. The van der Waals surface area contributed by atoms with E-state index in [9.17, 15) is 13.6 Å². The summed E-state index contributed by atoms with van der Waals surface area (Å²) in [6.45, 7) is 0.989. The fourth-order valence-corrected chi connectivity index (χ4v) is 0.767. The number of aliphatic hydroxyl groups excluding tert-OH is 1. The number of unbranched alkanes of at least 4 members (excludes halogenated alkanes) is 1. The predicted molar refractivity (Wildman–Crippen MR) is 47.1 cm³/mol. The van der Waals surface area contributed by atoms with Crippen molar-refractivity contribution in [1.29, 1.82) is 0 Å². The lowest BCUT2D eigenvalue weighted by Crippen LogP contribution is -2.23. The molecule has 0 atom stereocenters. The highest BCUT2D eigenvalue weighted by atomic mass is 19.3. The van der Waals surface area contributed by atoms with Crippen molar-refractivity contribution < 1.29 is 23.4 Å².